The number of hydroxylamine groups is 2. The van der Waals surface area contributed by atoms with E-state index in [1.54, 1.807) is 18.3 Å². The van der Waals surface area contributed by atoms with Gasteiger partial charge in [-0.05, 0) is 29.8 Å². The molecule has 25 heavy (non-hydrogen) atoms. The van der Waals surface area contributed by atoms with Gasteiger partial charge in [0.25, 0.3) is 0 Å². The number of anilines is 1. The van der Waals surface area contributed by atoms with E-state index in [9.17, 15) is 18.4 Å². The Morgan fingerprint density at radius 1 is 1.08 bits per heavy atom. The molecule has 2 aromatic carbocycles. The van der Waals surface area contributed by atoms with Gasteiger partial charge in [-0.15, -0.1) is 0 Å². The van der Waals surface area contributed by atoms with Crippen LogP contribution in [0.25, 0.3) is 18.0 Å². The van der Waals surface area contributed by atoms with Gasteiger partial charge < -0.3 is 21.1 Å². The van der Waals surface area contributed by atoms with Crippen LogP contribution in [0.4, 0.5) is 18.9 Å². The Morgan fingerprint density at radius 2 is 1.80 bits per heavy atom. The van der Waals surface area contributed by atoms with E-state index in [1.165, 1.54) is 30.5 Å². The van der Waals surface area contributed by atoms with E-state index in [4.69, 9.17) is 0 Å². The molecule has 0 saturated heterocycles. The summed E-state index contributed by atoms with van der Waals surface area (Å²) in [5, 5.41) is 13.0. The summed E-state index contributed by atoms with van der Waals surface area (Å²) in [4.78, 5) is 0. The summed E-state index contributed by atoms with van der Waals surface area (Å²) < 4.78 is 41.8. The van der Waals surface area contributed by atoms with Gasteiger partial charge in [0.05, 0.1) is 11.3 Å². The molecule has 0 amide bonds. The summed E-state index contributed by atoms with van der Waals surface area (Å²) in [6.45, 7) is 0.700. The normalized spacial score (nSPS) is 18.5. The standard InChI is InChI=1S/C18H14F3N3O/c1-18(20,21)17-16(10-2-4-13(19)5-3-10)14-6-11-8-22-23-15(11)7-12(14)9-24(17)25/h2-9,22-24H,1H3. The van der Waals surface area contributed by atoms with Crippen molar-refractivity contribution in [3.63, 3.8) is 0 Å². The number of rotatable bonds is 2. The molecular weight excluding hydrogens is 331 g/mol. The molecule has 0 aliphatic carbocycles. The molecule has 0 aromatic heterocycles. The summed E-state index contributed by atoms with van der Waals surface area (Å²) >= 11 is 0. The highest BCUT2D eigenvalue weighted by Crippen LogP contribution is 2.32. The number of quaternary nitrogens is 1. The molecule has 2 aliphatic heterocycles. The topological polar surface area (TPSA) is 51.6 Å². The second kappa shape index (κ2) is 5.37. The van der Waals surface area contributed by atoms with Crippen LogP contribution in [0.1, 0.15) is 18.1 Å². The fourth-order valence-corrected chi connectivity index (χ4v) is 3.21. The van der Waals surface area contributed by atoms with Gasteiger partial charge in [-0.1, -0.05) is 12.1 Å². The zero-order valence-corrected chi connectivity index (χ0v) is 13.2. The van der Waals surface area contributed by atoms with Crippen molar-refractivity contribution in [2.75, 3.05) is 5.43 Å². The molecule has 4 nitrogen and oxygen atoms in total. The first kappa shape index (κ1) is 15.7. The summed E-state index contributed by atoms with van der Waals surface area (Å²) in [5.74, 6) is -3.80. The molecule has 3 N–H and O–H groups in total. The summed E-state index contributed by atoms with van der Waals surface area (Å²) in [7, 11) is 0. The van der Waals surface area contributed by atoms with Gasteiger partial charge in [0, 0.05) is 29.1 Å². The lowest BCUT2D eigenvalue weighted by molar-refractivity contribution is -0.724. The largest absolute Gasteiger partial charge is 0.624 e. The summed E-state index contributed by atoms with van der Waals surface area (Å²) in [6.07, 6.45) is 2.92. The number of nitrogens with one attached hydrogen (secondary N) is 3. The van der Waals surface area contributed by atoms with Crippen LogP contribution < -0.4 is 26.4 Å². The second-order valence-corrected chi connectivity index (χ2v) is 6.09. The maximum atomic E-state index is 14.2. The molecular formula is C18H14F3N3O. The molecule has 128 valence electrons. The number of fused-ring (bicyclic) bond motifs is 2. The first-order valence-electron chi connectivity index (χ1n) is 7.65. The minimum atomic E-state index is -3.33. The minimum absolute atomic E-state index is 0.137. The molecule has 7 heteroatoms. The molecule has 0 radical (unpaired) electrons. The molecule has 1 unspecified atom stereocenters. The van der Waals surface area contributed by atoms with Crippen molar-refractivity contribution >= 4 is 23.7 Å². The van der Waals surface area contributed by atoms with Gasteiger partial charge >= 0.3 is 5.92 Å². The van der Waals surface area contributed by atoms with Crippen LogP contribution in [0.2, 0.25) is 0 Å². The monoisotopic (exact) mass is 345 g/mol. The highest BCUT2D eigenvalue weighted by Gasteiger charge is 2.39. The first-order chi connectivity index (χ1) is 11.8. The molecule has 0 saturated carbocycles. The van der Waals surface area contributed by atoms with Gasteiger partial charge in [0.1, 0.15) is 12.0 Å². The molecule has 4 rings (SSSR count). The molecule has 1 atom stereocenters. The average Bonchev–Trinajstić information content (AvgIpc) is 2.98. The van der Waals surface area contributed by atoms with E-state index >= 15 is 0 Å². The lowest BCUT2D eigenvalue weighted by atomic mass is 9.90. The second-order valence-electron chi connectivity index (χ2n) is 6.09. The van der Waals surface area contributed by atoms with Crippen LogP contribution in [0.5, 0.6) is 0 Å². The quantitative estimate of drug-likeness (QED) is 0.713. The van der Waals surface area contributed by atoms with Gasteiger partial charge in [-0.25, -0.2) is 4.39 Å². The Hall–Kier alpha value is -2.77. The molecule has 2 aliphatic rings. The Bertz CT molecular complexity index is 1010. The Morgan fingerprint density at radius 3 is 2.48 bits per heavy atom. The van der Waals surface area contributed by atoms with Gasteiger partial charge in [0.2, 0.25) is 0 Å². The molecule has 0 fully saturated rings. The molecule has 2 aromatic rings. The van der Waals surface area contributed by atoms with Crippen LogP contribution in [-0.2, 0) is 0 Å². The molecule has 0 bridgehead atoms. The van der Waals surface area contributed by atoms with E-state index in [0.29, 0.717) is 23.3 Å². The molecule has 2 heterocycles. The number of hydrogen-bond acceptors (Lipinski definition) is 3. The number of allylic oxidation sites excluding steroid dienone is 1. The third-order valence-electron chi connectivity index (χ3n) is 4.28. The average molecular weight is 345 g/mol. The maximum Gasteiger partial charge on any atom is 0.318 e. The van der Waals surface area contributed by atoms with Crippen molar-refractivity contribution in [3.05, 3.63) is 74.7 Å². The van der Waals surface area contributed by atoms with E-state index in [0.717, 1.165) is 10.9 Å². The summed E-state index contributed by atoms with van der Waals surface area (Å²) in [6, 6.07) is 8.67. The van der Waals surface area contributed by atoms with Crippen molar-refractivity contribution in [2.45, 2.75) is 12.8 Å². The number of hydrogen-bond donors (Lipinski definition) is 3. The Kier molecular flexibility index (Phi) is 3.38. The van der Waals surface area contributed by atoms with E-state index in [2.05, 4.69) is 10.9 Å². The van der Waals surface area contributed by atoms with E-state index < -0.39 is 22.5 Å². The third-order valence-corrected chi connectivity index (χ3v) is 4.28. The van der Waals surface area contributed by atoms with Crippen molar-refractivity contribution in [1.29, 1.82) is 0 Å². The van der Waals surface area contributed by atoms with Gasteiger partial charge in [-0.2, -0.15) is 8.78 Å². The fourth-order valence-electron chi connectivity index (χ4n) is 3.21. The van der Waals surface area contributed by atoms with Crippen LogP contribution in [0, 0.1) is 11.0 Å². The maximum absolute atomic E-state index is 14.2. The predicted octanol–water partition coefficient (Wildman–Crippen LogP) is 1.04. The Labute approximate surface area is 141 Å². The lowest BCUT2D eigenvalue weighted by Crippen LogP contribution is -3.02. The number of alkyl halides is 2. The summed E-state index contributed by atoms with van der Waals surface area (Å²) in [5.41, 5.74) is 6.96. The number of halogens is 3. The zero-order valence-electron chi connectivity index (χ0n) is 13.2. The van der Waals surface area contributed by atoms with Crippen LogP contribution >= 0.6 is 0 Å². The van der Waals surface area contributed by atoms with Crippen LogP contribution in [-0.4, -0.2) is 5.92 Å². The van der Waals surface area contributed by atoms with Crippen LogP contribution in [0.3, 0.4) is 0 Å². The SMILES string of the molecule is CC(F)(F)C1=C(c2ccc(F)cc2)c2cc3c(cc2=C[NH+]1[O-])NNC=3. The zero-order chi connectivity index (χ0) is 17.8. The van der Waals surface area contributed by atoms with E-state index in [1.807, 2.05) is 0 Å². The van der Waals surface area contributed by atoms with E-state index in [-0.39, 0.29) is 5.57 Å². The first-order valence-corrected chi connectivity index (χ1v) is 7.65. The van der Waals surface area contributed by atoms with Crippen molar-refractivity contribution in [2.24, 2.45) is 0 Å². The predicted molar refractivity (Wildman–Crippen MR) is 88.8 cm³/mol. The highest BCUT2D eigenvalue weighted by atomic mass is 19.3. The molecule has 0 spiro atoms. The highest BCUT2D eigenvalue weighted by molar-refractivity contribution is 5.84. The van der Waals surface area contributed by atoms with Crippen molar-refractivity contribution < 1.29 is 18.2 Å². The lowest BCUT2D eigenvalue weighted by Gasteiger charge is -2.30. The fraction of sp³-hybridized carbons (Fsp3) is 0.111. The number of benzene rings is 2. The third kappa shape index (κ3) is 2.57. The van der Waals surface area contributed by atoms with Gasteiger partial charge in [-0.3, -0.25) is 0 Å². The van der Waals surface area contributed by atoms with Crippen molar-refractivity contribution in [1.82, 2.24) is 5.43 Å². The number of hydrazine groups is 1. The van der Waals surface area contributed by atoms with Crippen molar-refractivity contribution in [3.8, 4) is 0 Å². The minimum Gasteiger partial charge on any atom is -0.624 e. The smallest absolute Gasteiger partial charge is 0.318 e. The Balaban J connectivity index is 2.07. The van der Waals surface area contributed by atoms with Crippen LogP contribution in [0.15, 0.2) is 42.1 Å². The van der Waals surface area contributed by atoms with Gasteiger partial charge in [0.15, 0.2) is 5.70 Å².